The summed E-state index contributed by atoms with van der Waals surface area (Å²) < 4.78 is 12.9. The maximum atomic E-state index is 12.9. The molecule has 0 bridgehead atoms. The summed E-state index contributed by atoms with van der Waals surface area (Å²) in [6.45, 7) is 6.45. The predicted molar refractivity (Wildman–Crippen MR) is 60.4 cm³/mol. The molecule has 1 aromatic rings. The number of nitrogens with two attached hydrogens (primary N) is 1. The highest BCUT2D eigenvalue weighted by molar-refractivity contribution is 5.98. The van der Waals surface area contributed by atoms with Crippen molar-refractivity contribution in [2.45, 2.75) is 20.8 Å². The molecule has 16 heavy (non-hydrogen) atoms. The van der Waals surface area contributed by atoms with Crippen LogP contribution in [0.4, 0.5) is 10.2 Å². The van der Waals surface area contributed by atoms with E-state index in [0.717, 1.165) is 12.3 Å². The number of hydrogen-bond acceptors (Lipinski definition) is 3. The molecule has 3 N–H and O–H groups in total. The van der Waals surface area contributed by atoms with Gasteiger partial charge >= 0.3 is 0 Å². The van der Waals surface area contributed by atoms with Gasteiger partial charge < -0.3 is 11.1 Å². The lowest BCUT2D eigenvalue weighted by Gasteiger charge is -2.18. The molecule has 0 unspecified atom stereocenters. The van der Waals surface area contributed by atoms with E-state index in [2.05, 4.69) is 10.3 Å². The number of anilines is 1. The zero-order valence-electron chi connectivity index (χ0n) is 9.67. The van der Waals surface area contributed by atoms with E-state index in [-0.39, 0.29) is 16.8 Å². The first kappa shape index (κ1) is 12.4. The second kappa shape index (κ2) is 4.47. The highest BCUT2D eigenvalue weighted by Crippen LogP contribution is 2.13. The summed E-state index contributed by atoms with van der Waals surface area (Å²) in [5.74, 6) is -0.942. The zero-order chi connectivity index (χ0) is 12.3. The minimum Gasteiger partial charge on any atom is -0.383 e. The van der Waals surface area contributed by atoms with Crippen molar-refractivity contribution in [2.24, 2.45) is 5.41 Å². The van der Waals surface area contributed by atoms with Gasteiger partial charge in [-0.1, -0.05) is 20.8 Å². The number of amides is 1. The lowest BCUT2D eigenvalue weighted by molar-refractivity contribution is 0.0939. The summed E-state index contributed by atoms with van der Waals surface area (Å²) in [6.07, 6.45) is 0.982. The molecule has 0 radical (unpaired) electrons. The van der Waals surface area contributed by atoms with E-state index in [1.165, 1.54) is 0 Å². The number of nitrogens with zero attached hydrogens (tertiary/aromatic N) is 1. The largest absolute Gasteiger partial charge is 0.383 e. The monoisotopic (exact) mass is 225 g/mol. The molecule has 1 rings (SSSR count). The molecule has 0 saturated carbocycles. The summed E-state index contributed by atoms with van der Waals surface area (Å²) >= 11 is 0. The predicted octanol–water partition coefficient (Wildman–Crippen LogP) is 1.58. The van der Waals surface area contributed by atoms with Crippen molar-refractivity contribution in [3.8, 4) is 0 Å². The Hall–Kier alpha value is -1.65. The van der Waals surface area contributed by atoms with E-state index in [4.69, 9.17) is 5.73 Å². The molecule has 0 saturated heterocycles. The average Bonchev–Trinajstić information content (AvgIpc) is 2.17. The molecule has 0 spiro atoms. The second-order valence-electron chi connectivity index (χ2n) is 4.83. The first-order chi connectivity index (χ1) is 7.29. The van der Waals surface area contributed by atoms with E-state index in [9.17, 15) is 9.18 Å². The lowest BCUT2D eigenvalue weighted by atomic mass is 9.97. The quantitative estimate of drug-likeness (QED) is 0.803. The van der Waals surface area contributed by atoms with Crippen LogP contribution in [-0.2, 0) is 0 Å². The number of halogens is 1. The van der Waals surface area contributed by atoms with Gasteiger partial charge in [0.2, 0.25) is 0 Å². The topological polar surface area (TPSA) is 68.0 Å². The van der Waals surface area contributed by atoms with Crippen molar-refractivity contribution in [2.75, 3.05) is 12.3 Å². The summed E-state index contributed by atoms with van der Waals surface area (Å²) in [5.41, 5.74) is 5.53. The van der Waals surface area contributed by atoms with Gasteiger partial charge in [-0.15, -0.1) is 0 Å². The van der Waals surface area contributed by atoms with Gasteiger partial charge in [0.25, 0.3) is 5.91 Å². The molecule has 0 aliphatic carbocycles. The molecule has 0 fully saturated rings. The van der Waals surface area contributed by atoms with Crippen LogP contribution in [0.3, 0.4) is 0 Å². The summed E-state index contributed by atoms with van der Waals surface area (Å²) in [5, 5.41) is 2.68. The number of carbonyl (C=O) groups is 1. The van der Waals surface area contributed by atoms with E-state index in [1.54, 1.807) is 0 Å². The average molecular weight is 225 g/mol. The first-order valence-electron chi connectivity index (χ1n) is 4.99. The smallest absolute Gasteiger partial charge is 0.255 e. The number of nitrogen functional groups attached to an aromatic ring is 1. The Labute approximate surface area is 94.1 Å². The van der Waals surface area contributed by atoms with Crippen LogP contribution in [0.15, 0.2) is 12.3 Å². The highest BCUT2D eigenvalue weighted by atomic mass is 19.1. The number of rotatable bonds is 2. The molecule has 1 aromatic heterocycles. The third-order valence-electron chi connectivity index (χ3n) is 1.91. The van der Waals surface area contributed by atoms with E-state index >= 15 is 0 Å². The molecule has 1 heterocycles. The summed E-state index contributed by atoms with van der Waals surface area (Å²) in [4.78, 5) is 15.3. The van der Waals surface area contributed by atoms with Gasteiger partial charge in [-0.05, 0) is 11.5 Å². The Morgan fingerprint density at radius 1 is 1.56 bits per heavy atom. The van der Waals surface area contributed by atoms with Gasteiger partial charge in [0, 0.05) is 6.54 Å². The van der Waals surface area contributed by atoms with Crippen molar-refractivity contribution in [3.05, 3.63) is 23.6 Å². The molecule has 0 aliphatic heterocycles. The minimum atomic E-state index is -0.574. The second-order valence-corrected chi connectivity index (χ2v) is 4.83. The molecule has 4 nitrogen and oxygen atoms in total. The van der Waals surface area contributed by atoms with E-state index in [0.29, 0.717) is 6.54 Å². The first-order valence-corrected chi connectivity index (χ1v) is 4.99. The molecule has 5 heteroatoms. The Kier molecular flexibility index (Phi) is 3.47. The standard InChI is InChI=1S/C11H16FN3O/c1-11(2,3)6-15-10(16)8-4-7(12)5-14-9(8)13/h4-5H,6H2,1-3H3,(H2,13,14)(H,15,16). The lowest BCUT2D eigenvalue weighted by Crippen LogP contribution is -2.32. The van der Waals surface area contributed by atoms with Crippen molar-refractivity contribution in [3.63, 3.8) is 0 Å². The van der Waals surface area contributed by atoms with Crippen molar-refractivity contribution >= 4 is 11.7 Å². The van der Waals surface area contributed by atoms with Crippen LogP contribution in [-0.4, -0.2) is 17.4 Å². The molecule has 0 aliphatic rings. The van der Waals surface area contributed by atoms with E-state index in [1.807, 2.05) is 20.8 Å². The van der Waals surface area contributed by atoms with Crippen molar-refractivity contribution in [1.82, 2.24) is 10.3 Å². The van der Waals surface area contributed by atoms with Gasteiger partial charge in [-0.2, -0.15) is 0 Å². The molecule has 1 amide bonds. The van der Waals surface area contributed by atoms with Crippen LogP contribution >= 0.6 is 0 Å². The molecular formula is C11H16FN3O. The normalized spacial score (nSPS) is 11.2. The van der Waals surface area contributed by atoms with Crippen LogP contribution in [0.5, 0.6) is 0 Å². The highest BCUT2D eigenvalue weighted by Gasteiger charge is 2.15. The molecule has 0 aromatic carbocycles. The maximum absolute atomic E-state index is 12.9. The van der Waals surface area contributed by atoms with Crippen LogP contribution in [0, 0.1) is 11.2 Å². The van der Waals surface area contributed by atoms with Gasteiger partial charge in [0.15, 0.2) is 0 Å². The Morgan fingerprint density at radius 3 is 2.75 bits per heavy atom. The fraction of sp³-hybridized carbons (Fsp3) is 0.455. The Bertz CT molecular complexity index is 399. The van der Waals surface area contributed by atoms with Gasteiger partial charge in [-0.25, -0.2) is 9.37 Å². The third-order valence-corrected chi connectivity index (χ3v) is 1.91. The third kappa shape index (κ3) is 3.49. The fourth-order valence-electron chi connectivity index (χ4n) is 1.07. The fourth-order valence-corrected chi connectivity index (χ4v) is 1.07. The number of aromatic nitrogens is 1. The SMILES string of the molecule is CC(C)(C)CNC(=O)c1cc(F)cnc1N. The van der Waals surface area contributed by atoms with Crippen LogP contribution in [0.25, 0.3) is 0 Å². The van der Waals surface area contributed by atoms with Gasteiger partial charge in [0.05, 0.1) is 11.8 Å². The maximum Gasteiger partial charge on any atom is 0.255 e. The minimum absolute atomic E-state index is 0.0350. The van der Waals surface area contributed by atoms with Crippen molar-refractivity contribution in [1.29, 1.82) is 0 Å². The van der Waals surface area contributed by atoms with Crippen LogP contribution < -0.4 is 11.1 Å². The molecule has 0 atom stereocenters. The molecule has 88 valence electrons. The zero-order valence-corrected chi connectivity index (χ0v) is 9.67. The van der Waals surface area contributed by atoms with Gasteiger partial charge in [-0.3, -0.25) is 4.79 Å². The van der Waals surface area contributed by atoms with Crippen molar-refractivity contribution < 1.29 is 9.18 Å². The van der Waals surface area contributed by atoms with Crippen LogP contribution in [0.1, 0.15) is 31.1 Å². The van der Waals surface area contributed by atoms with Crippen LogP contribution in [0.2, 0.25) is 0 Å². The number of carbonyl (C=O) groups excluding carboxylic acids is 1. The summed E-state index contributed by atoms with van der Waals surface area (Å²) in [7, 11) is 0. The Balaban J connectivity index is 2.77. The number of hydrogen-bond donors (Lipinski definition) is 2. The number of nitrogens with one attached hydrogen (secondary N) is 1. The van der Waals surface area contributed by atoms with Gasteiger partial charge in [0.1, 0.15) is 11.6 Å². The van der Waals surface area contributed by atoms with E-state index < -0.39 is 11.7 Å². The summed E-state index contributed by atoms with van der Waals surface area (Å²) in [6, 6.07) is 1.08. The number of pyridine rings is 1. The molecular weight excluding hydrogens is 209 g/mol. The Morgan fingerprint density at radius 2 is 2.19 bits per heavy atom.